The van der Waals surface area contributed by atoms with Crippen LogP contribution in [-0.4, -0.2) is 16.1 Å². The first-order chi connectivity index (χ1) is 6.74. The van der Waals surface area contributed by atoms with Gasteiger partial charge in [-0.2, -0.15) is 5.10 Å². The number of nitrogens with zero attached hydrogens (tertiary/aromatic N) is 2. The lowest BCUT2D eigenvalue weighted by Crippen LogP contribution is -1.95. The number of para-hydroxylation sites is 1. The van der Waals surface area contributed by atoms with E-state index >= 15 is 0 Å². The number of carbonyl (C=O) groups is 1. The second-order valence-electron chi connectivity index (χ2n) is 3.10. The molecule has 0 spiro atoms. The van der Waals surface area contributed by atoms with Gasteiger partial charge in [0.1, 0.15) is 10.9 Å². The van der Waals surface area contributed by atoms with E-state index in [4.69, 9.17) is 0 Å². The van der Waals surface area contributed by atoms with Crippen molar-refractivity contribution in [3.05, 3.63) is 28.4 Å². The van der Waals surface area contributed by atoms with Gasteiger partial charge in [0.2, 0.25) is 0 Å². The molecule has 2 rings (SSSR count). The molecule has 4 heteroatoms. The second-order valence-corrected chi connectivity index (χ2v) is 3.85. The minimum absolute atomic E-state index is 0.434. The van der Waals surface area contributed by atoms with Crippen LogP contribution in [0.3, 0.4) is 0 Å². The predicted octanol–water partition coefficient (Wildman–Crippen LogP) is 2.08. The van der Waals surface area contributed by atoms with E-state index in [1.165, 1.54) is 0 Å². The van der Waals surface area contributed by atoms with Gasteiger partial charge >= 0.3 is 0 Å². The van der Waals surface area contributed by atoms with Crippen LogP contribution in [0.4, 0.5) is 0 Å². The zero-order valence-electron chi connectivity index (χ0n) is 7.70. The number of carbonyl (C=O) groups excluding carboxylic acids is 1. The molecule has 1 aromatic carbocycles. The highest BCUT2D eigenvalue weighted by Gasteiger charge is 2.09. The third-order valence-electron chi connectivity index (χ3n) is 2.21. The molecule has 72 valence electrons. The van der Waals surface area contributed by atoms with Crippen molar-refractivity contribution in [3.63, 3.8) is 0 Å². The van der Waals surface area contributed by atoms with E-state index < -0.39 is 0 Å². The average Bonchev–Trinajstić information content (AvgIpc) is 2.44. The number of rotatable bonds is 2. The first-order valence-electron chi connectivity index (χ1n) is 4.27. The van der Waals surface area contributed by atoms with E-state index in [0.717, 1.165) is 27.4 Å². The maximum absolute atomic E-state index is 10.5. The summed E-state index contributed by atoms with van der Waals surface area (Å²) >= 11 is 3.38. The summed E-state index contributed by atoms with van der Waals surface area (Å²) in [6.45, 7) is 0. The fourth-order valence-corrected chi connectivity index (χ4v) is 2.19. The summed E-state index contributed by atoms with van der Waals surface area (Å²) in [5.41, 5.74) is 2.03. The van der Waals surface area contributed by atoms with Crippen molar-refractivity contribution in [2.24, 2.45) is 7.05 Å². The summed E-state index contributed by atoms with van der Waals surface area (Å²) in [6.07, 6.45) is 1.35. The van der Waals surface area contributed by atoms with Crippen molar-refractivity contribution >= 4 is 33.1 Å². The summed E-state index contributed by atoms with van der Waals surface area (Å²) in [7, 11) is 1.88. The highest BCUT2D eigenvalue weighted by atomic mass is 79.9. The van der Waals surface area contributed by atoms with Crippen molar-refractivity contribution in [1.29, 1.82) is 0 Å². The SMILES string of the molecule is Cn1nc(Br)c2cccc(CC=O)c21. The maximum Gasteiger partial charge on any atom is 0.135 e. The molecule has 0 saturated carbocycles. The van der Waals surface area contributed by atoms with Gasteiger partial charge in [-0.15, -0.1) is 0 Å². The van der Waals surface area contributed by atoms with Gasteiger partial charge in [0.15, 0.2) is 0 Å². The molecule has 0 aliphatic rings. The first kappa shape index (κ1) is 9.40. The number of hydrogen-bond donors (Lipinski definition) is 0. The predicted molar refractivity (Wildman–Crippen MR) is 58.2 cm³/mol. The Balaban J connectivity index is 2.78. The molecule has 0 bridgehead atoms. The molecule has 14 heavy (non-hydrogen) atoms. The molecule has 2 aromatic rings. The highest BCUT2D eigenvalue weighted by molar-refractivity contribution is 9.10. The highest BCUT2D eigenvalue weighted by Crippen LogP contribution is 2.25. The van der Waals surface area contributed by atoms with Crippen molar-refractivity contribution in [2.45, 2.75) is 6.42 Å². The van der Waals surface area contributed by atoms with E-state index in [1.54, 1.807) is 4.68 Å². The molecule has 0 aliphatic carbocycles. The van der Waals surface area contributed by atoms with Crippen LogP contribution in [0.15, 0.2) is 22.8 Å². The summed E-state index contributed by atoms with van der Waals surface area (Å²) in [6, 6.07) is 5.87. The van der Waals surface area contributed by atoms with E-state index in [2.05, 4.69) is 21.0 Å². The van der Waals surface area contributed by atoms with Crippen molar-refractivity contribution in [3.8, 4) is 0 Å². The number of halogens is 1. The molecule has 0 aliphatic heterocycles. The zero-order valence-corrected chi connectivity index (χ0v) is 9.28. The molecule has 3 nitrogen and oxygen atoms in total. The van der Waals surface area contributed by atoms with Gasteiger partial charge in [-0.05, 0) is 21.5 Å². The maximum atomic E-state index is 10.5. The van der Waals surface area contributed by atoms with E-state index in [-0.39, 0.29) is 0 Å². The molecular weight excluding hydrogens is 244 g/mol. The number of hydrogen-bond acceptors (Lipinski definition) is 2. The normalized spacial score (nSPS) is 10.7. The molecule has 0 saturated heterocycles. The monoisotopic (exact) mass is 252 g/mol. The first-order valence-corrected chi connectivity index (χ1v) is 5.07. The topological polar surface area (TPSA) is 34.9 Å². The molecule has 1 heterocycles. The van der Waals surface area contributed by atoms with Crippen molar-refractivity contribution < 1.29 is 4.79 Å². The Morgan fingerprint density at radius 3 is 3.07 bits per heavy atom. The quantitative estimate of drug-likeness (QED) is 0.768. The molecule has 0 atom stereocenters. The van der Waals surface area contributed by atoms with Gasteiger partial charge in [0.05, 0.1) is 5.52 Å². The lowest BCUT2D eigenvalue weighted by atomic mass is 10.1. The smallest absolute Gasteiger partial charge is 0.135 e. The van der Waals surface area contributed by atoms with E-state index in [0.29, 0.717) is 6.42 Å². The summed E-state index contributed by atoms with van der Waals surface area (Å²) in [5.74, 6) is 0. The second kappa shape index (κ2) is 3.53. The van der Waals surface area contributed by atoms with Crippen LogP contribution in [0.5, 0.6) is 0 Å². The van der Waals surface area contributed by atoms with Crippen LogP contribution in [0.2, 0.25) is 0 Å². The zero-order chi connectivity index (χ0) is 10.1. The van der Waals surface area contributed by atoms with Crippen molar-refractivity contribution in [2.75, 3.05) is 0 Å². The van der Waals surface area contributed by atoms with Gasteiger partial charge in [-0.3, -0.25) is 4.68 Å². The number of benzene rings is 1. The molecule has 0 fully saturated rings. The van der Waals surface area contributed by atoms with Gasteiger partial charge in [0, 0.05) is 18.9 Å². The summed E-state index contributed by atoms with van der Waals surface area (Å²) in [5, 5.41) is 5.30. The lowest BCUT2D eigenvalue weighted by molar-refractivity contribution is -0.107. The summed E-state index contributed by atoms with van der Waals surface area (Å²) in [4.78, 5) is 10.5. The Hall–Kier alpha value is -1.16. The van der Waals surface area contributed by atoms with E-state index in [1.807, 2.05) is 25.2 Å². The minimum Gasteiger partial charge on any atom is -0.303 e. The Morgan fingerprint density at radius 1 is 1.57 bits per heavy atom. The largest absolute Gasteiger partial charge is 0.303 e. The standard InChI is InChI=1S/C10H9BrN2O/c1-13-9-7(5-6-14)3-2-4-8(9)10(11)12-13/h2-4,6H,5H2,1H3. The van der Waals surface area contributed by atoms with Crippen LogP contribution in [-0.2, 0) is 18.3 Å². The minimum atomic E-state index is 0.434. The number of fused-ring (bicyclic) bond motifs is 1. The number of aldehydes is 1. The van der Waals surface area contributed by atoms with Gasteiger partial charge in [-0.1, -0.05) is 18.2 Å². The summed E-state index contributed by atoms with van der Waals surface area (Å²) < 4.78 is 2.61. The average molecular weight is 253 g/mol. The van der Waals surface area contributed by atoms with Crippen LogP contribution >= 0.6 is 15.9 Å². The number of aromatic nitrogens is 2. The Morgan fingerprint density at radius 2 is 2.36 bits per heavy atom. The Labute approximate surface area is 89.8 Å². The molecule has 1 aromatic heterocycles. The van der Waals surface area contributed by atoms with Gasteiger partial charge in [0.25, 0.3) is 0 Å². The number of aryl methyl sites for hydroxylation is 1. The van der Waals surface area contributed by atoms with E-state index in [9.17, 15) is 4.79 Å². The third-order valence-corrected chi connectivity index (χ3v) is 2.79. The Kier molecular flexibility index (Phi) is 2.37. The fourth-order valence-electron chi connectivity index (χ4n) is 1.63. The van der Waals surface area contributed by atoms with Gasteiger partial charge in [-0.25, -0.2) is 0 Å². The van der Waals surface area contributed by atoms with Crippen LogP contribution in [0.25, 0.3) is 10.9 Å². The molecule has 0 N–H and O–H groups in total. The molecular formula is C10H9BrN2O. The van der Waals surface area contributed by atoms with Crippen LogP contribution < -0.4 is 0 Å². The third kappa shape index (κ3) is 1.35. The van der Waals surface area contributed by atoms with Crippen LogP contribution in [0.1, 0.15) is 5.56 Å². The lowest BCUT2D eigenvalue weighted by Gasteiger charge is -2.00. The Bertz CT molecular complexity index is 490. The fraction of sp³-hybridized carbons (Fsp3) is 0.200. The molecule has 0 unspecified atom stereocenters. The van der Waals surface area contributed by atoms with Gasteiger partial charge < -0.3 is 4.79 Å². The molecule has 0 amide bonds. The molecule has 0 radical (unpaired) electrons. The van der Waals surface area contributed by atoms with Crippen molar-refractivity contribution in [1.82, 2.24) is 9.78 Å². The van der Waals surface area contributed by atoms with Crippen LogP contribution in [0, 0.1) is 0 Å².